The predicted octanol–water partition coefficient (Wildman–Crippen LogP) is 1.38. The summed E-state index contributed by atoms with van der Waals surface area (Å²) in [5.41, 5.74) is 5.75. The lowest BCUT2D eigenvalue weighted by Crippen LogP contribution is -2.28. The maximum absolute atomic E-state index is 12.2. The molecule has 110 valence electrons. The Morgan fingerprint density at radius 1 is 1.32 bits per heavy atom. The highest BCUT2D eigenvalue weighted by molar-refractivity contribution is 7.89. The van der Waals surface area contributed by atoms with Crippen LogP contribution in [0.1, 0.15) is 32.0 Å². The molecule has 0 amide bonds. The number of rotatable bonds is 3. The molecule has 1 aromatic heterocycles. The van der Waals surface area contributed by atoms with Crippen LogP contribution in [0.2, 0.25) is 0 Å². The van der Waals surface area contributed by atoms with Crippen molar-refractivity contribution in [3.63, 3.8) is 0 Å². The van der Waals surface area contributed by atoms with Gasteiger partial charge in [0.2, 0.25) is 0 Å². The van der Waals surface area contributed by atoms with E-state index >= 15 is 0 Å². The third-order valence-corrected chi connectivity index (χ3v) is 3.78. The first kappa shape index (κ1) is 16.0. The van der Waals surface area contributed by atoms with Gasteiger partial charge in [0.15, 0.2) is 5.75 Å². The van der Waals surface area contributed by atoms with Crippen molar-refractivity contribution >= 4 is 10.0 Å². The van der Waals surface area contributed by atoms with Gasteiger partial charge in [-0.15, -0.1) is 0 Å². The highest BCUT2D eigenvalue weighted by atomic mass is 32.2. The summed E-state index contributed by atoms with van der Waals surface area (Å²) in [6.07, 6.45) is -3.77. The Morgan fingerprint density at radius 3 is 2.16 bits per heavy atom. The maximum Gasteiger partial charge on any atom is 0.404 e. The molecule has 0 aromatic carbocycles. The molecule has 1 rings (SSSR count). The number of hydrogen-bond acceptors (Lipinski definition) is 4. The molecule has 2 N–H and O–H groups in total. The summed E-state index contributed by atoms with van der Waals surface area (Å²) in [7, 11) is -4.57. The van der Waals surface area contributed by atoms with Crippen LogP contribution in [-0.2, 0) is 22.0 Å². The van der Waals surface area contributed by atoms with Gasteiger partial charge in [0, 0.05) is 23.7 Å². The zero-order valence-corrected chi connectivity index (χ0v) is 11.6. The SMILES string of the molecule is CC(C)(C)c1nn(S(=O)(=O)CC(F)(F)F)cc1CN. The minimum atomic E-state index is -4.81. The molecule has 0 aliphatic rings. The lowest BCUT2D eigenvalue weighted by Gasteiger charge is -2.16. The minimum Gasteiger partial charge on any atom is -0.326 e. The summed E-state index contributed by atoms with van der Waals surface area (Å²) >= 11 is 0. The molecule has 0 saturated heterocycles. The number of halogens is 3. The van der Waals surface area contributed by atoms with E-state index in [0.29, 0.717) is 15.3 Å². The Kier molecular flexibility index (Phi) is 4.02. The van der Waals surface area contributed by atoms with Gasteiger partial charge in [-0.25, -0.2) is 8.42 Å². The van der Waals surface area contributed by atoms with Crippen LogP contribution in [-0.4, -0.2) is 29.5 Å². The standard InChI is InChI=1S/C10H16F3N3O2S/c1-9(2,3)8-7(4-14)5-16(15-8)19(17,18)6-10(11,12)13/h5H,4,6,14H2,1-3H3. The van der Waals surface area contributed by atoms with Crippen LogP contribution in [0, 0.1) is 0 Å². The molecule has 0 unspecified atom stereocenters. The third kappa shape index (κ3) is 3.93. The lowest BCUT2D eigenvalue weighted by atomic mass is 9.90. The highest BCUT2D eigenvalue weighted by Gasteiger charge is 2.37. The van der Waals surface area contributed by atoms with Crippen molar-refractivity contribution < 1.29 is 21.6 Å². The summed E-state index contributed by atoms with van der Waals surface area (Å²) < 4.78 is 60.2. The van der Waals surface area contributed by atoms with Gasteiger partial charge in [0.1, 0.15) is 0 Å². The second-order valence-corrected chi connectivity index (χ2v) is 7.03. The van der Waals surface area contributed by atoms with Gasteiger partial charge in [-0.2, -0.15) is 22.4 Å². The Bertz CT molecular complexity index is 556. The summed E-state index contributed by atoms with van der Waals surface area (Å²) in [6.45, 7) is 5.33. The van der Waals surface area contributed by atoms with E-state index in [2.05, 4.69) is 5.10 Å². The van der Waals surface area contributed by atoms with Crippen molar-refractivity contribution in [1.29, 1.82) is 0 Å². The molecular formula is C10H16F3N3O2S. The van der Waals surface area contributed by atoms with Crippen molar-refractivity contribution in [3.05, 3.63) is 17.5 Å². The molecule has 0 fully saturated rings. The van der Waals surface area contributed by atoms with Crippen LogP contribution >= 0.6 is 0 Å². The fourth-order valence-corrected chi connectivity index (χ4v) is 2.62. The van der Waals surface area contributed by atoms with E-state index in [1.807, 2.05) is 0 Å². The molecule has 0 aliphatic heterocycles. The lowest BCUT2D eigenvalue weighted by molar-refractivity contribution is -0.106. The van der Waals surface area contributed by atoms with Crippen molar-refractivity contribution in [2.24, 2.45) is 5.73 Å². The average molecular weight is 299 g/mol. The van der Waals surface area contributed by atoms with Gasteiger partial charge < -0.3 is 5.73 Å². The van der Waals surface area contributed by atoms with Gasteiger partial charge in [0.25, 0.3) is 10.0 Å². The van der Waals surface area contributed by atoms with E-state index in [9.17, 15) is 21.6 Å². The molecule has 19 heavy (non-hydrogen) atoms. The molecule has 0 bridgehead atoms. The van der Waals surface area contributed by atoms with Crippen molar-refractivity contribution in [2.45, 2.75) is 38.9 Å². The fourth-order valence-electron chi connectivity index (χ4n) is 1.58. The highest BCUT2D eigenvalue weighted by Crippen LogP contribution is 2.25. The first-order valence-electron chi connectivity index (χ1n) is 5.46. The van der Waals surface area contributed by atoms with E-state index in [0.717, 1.165) is 6.20 Å². The van der Waals surface area contributed by atoms with E-state index in [1.54, 1.807) is 20.8 Å². The summed E-state index contributed by atoms with van der Waals surface area (Å²) in [5.74, 6) is -1.95. The van der Waals surface area contributed by atoms with Crippen molar-refractivity contribution in [3.8, 4) is 0 Å². The van der Waals surface area contributed by atoms with Crippen molar-refractivity contribution in [2.75, 3.05) is 5.75 Å². The number of hydrogen-bond donors (Lipinski definition) is 1. The van der Waals surface area contributed by atoms with E-state index < -0.39 is 27.4 Å². The van der Waals surface area contributed by atoms with Crippen LogP contribution in [0.4, 0.5) is 13.2 Å². The summed E-state index contributed by atoms with van der Waals surface area (Å²) in [6, 6.07) is 0. The van der Waals surface area contributed by atoms with Gasteiger partial charge in [-0.1, -0.05) is 20.8 Å². The Morgan fingerprint density at radius 2 is 1.84 bits per heavy atom. The van der Waals surface area contributed by atoms with Gasteiger partial charge >= 0.3 is 6.18 Å². The number of alkyl halides is 3. The first-order valence-corrected chi connectivity index (χ1v) is 7.07. The fraction of sp³-hybridized carbons (Fsp3) is 0.700. The van der Waals surface area contributed by atoms with Gasteiger partial charge in [0.05, 0.1) is 5.69 Å². The van der Waals surface area contributed by atoms with Gasteiger partial charge in [-0.05, 0) is 0 Å². The topological polar surface area (TPSA) is 78.0 Å². The van der Waals surface area contributed by atoms with E-state index in [1.165, 1.54) is 0 Å². The van der Waals surface area contributed by atoms with Crippen LogP contribution in [0.5, 0.6) is 0 Å². The maximum atomic E-state index is 12.2. The molecule has 0 spiro atoms. The van der Waals surface area contributed by atoms with Crippen LogP contribution in [0.3, 0.4) is 0 Å². The molecule has 0 aliphatic carbocycles. The molecular weight excluding hydrogens is 283 g/mol. The molecule has 0 saturated carbocycles. The van der Waals surface area contributed by atoms with E-state index in [4.69, 9.17) is 5.73 Å². The first-order chi connectivity index (χ1) is 8.37. The summed E-state index contributed by atoms with van der Waals surface area (Å²) in [4.78, 5) is 0. The Hall–Kier alpha value is -1.09. The van der Waals surface area contributed by atoms with Crippen LogP contribution in [0.15, 0.2) is 6.20 Å². The van der Waals surface area contributed by atoms with Crippen LogP contribution < -0.4 is 5.73 Å². The number of nitrogens with two attached hydrogens (primary N) is 1. The zero-order chi connectivity index (χ0) is 15.1. The number of nitrogens with zero attached hydrogens (tertiary/aromatic N) is 2. The molecule has 1 aromatic rings. The number of aromatic nitrogens is 2. The molecule has 5 nitrogen and oxygen atoms in total. The smallest absolute Gasteiger partial charge is 0.326 e. The second-order valence-electron chi connectivity index (χ2n) is 5.20. The zero-order valence-electron chi connectivity index (χ0n) is 10.8. The quantitative estimate of drug-likeness (QED) is 0.914. The monoisotopic (exact) mass is 299 g/mol. The Balaban J connectivity index is 3.27. The normalized spacial score (nSPS) is 13.8. The molecule has 9 heteroatoms. The Labute approximate surface area is 109 Å². The second kappa shape index (κ2) is 4.78. The largest absolute Gasteiger partial charge is 0.404 e. The minimum absolute atomic E-state index is 0.00808. The molecule has 1 heterocycles. The van der Waals surface area contributed by atoms with Gasteiger partial charge in [-0.3, -0.25) is 0 Å². The van der Waals surface area contributed by atoms with Crippen molar-refractivity contribution in [1.82, 2.24) is 9.19 Å². The third-order valence-electron chi connectivity index (χ3n) is 2.33. The van der Waals surface area contributed by atoms with Crippen LogP contribution in [0.25, 0.3) is 0 Å². The molecule has 0 atom stereocenters. The predicted molar refractivity (Wildman–Crippen MR) is 64.1 cm³/mol. The summed E-state index contributed by atoms with van der Waals surface area (Å²) in [5, 5.41) is 3.76. The van der Waals surface area contributed by atoms with E-state index in [-0.39, 0.29) is 6.54 Å². The molecule has 0 radical (unpaired) electrons. The average Bonchev–Trinajstić information content (AvgIpc) is 2.56.